The van der Waals surface area contributed by atoms with Gasteiger partial charge in [-0.3, -0.25) is 9.59 Å². The molecule has 0 N–H and O–H groups in total. The molecular formula is C21H22O3. The van der Waals surface area contributed by atoms with E-state index in [1.807, 2.05) is 19.9 Å². The maximum atomic E-state index is 13.3. The van der Waals surface area contributed by atoms with Crippen molar-refractivity contribution in [3.05, 3.63) is 57.4 Å². The van der Waals surface area contributed by atoms with Crippen LogP contribution in [0, 0.1) is 18.3 Å². The second-order valence-electron chi connectivity index (χ2n) is 7.78. The van der Waals surface area contributed by atoms with Crippen LogP contribution in [0.3, 0.4) is 0 Å². The van der Waals surface area contributed by atoms with Crippen LogP contribution in [0.25, 0.3) is 0 Å². The van der Waals surface area contributed by atoms with Gasteiger partial charge in [0.05, 0.1) is 5.57 Å². The average molecular weight is 322 g/mol. The molecule has 3 atom stereocenters. The number of benzene rings is 1. The van der Waals surface area contributed by atoms with E-state index < -0.39 is 11.0 Å². The Morgan fingerprint density at radius 3 is 2.33 bits per heavy atom. The SMILES string of the molecule is CC1=C(C)[C@@]2(C)OC3=C(C(=O)c4ccc(C)cc4C3=O)[C@@]2(C)[C@@H]1C. The van der Waals surface area contributed by atoms with Gasteiger partial charge in [0.2, 0.25) is 5.78 Å². The van der Waals surface area contributed by atoms with E-state index in [4.69, 9.17) is 4.74 Å². The highest BCUT2D eigenvalue weighted by Crippen LogP contribution is 2.65. The minimum Gasteiger partial charge on any atom is -0.478 e. The van der Waals surface area contributed by atoms with Gasteiger partial charge < -0.3 is 4.74 Å². The number of hydrogen-bond acceptors (Lipinski definition) is 3. The molecule has 3 aliphatic rings. The molecule has 0 amide bonds. The second kappa shape index (κ2) is 4.27. The van der Waals surface area contributed by atoms with Gasteiger partial charge in [-0.25, -0.2) is 0 Å². The van der Waals surface area contributed by atoms with Crippen LogP contribution in [-0.4, -0.2) is 17.2 Å². The number of hydrogen-bond donors (Lipinski definition) is 0. The van der Waals surface area contributed by atoms with Crippen LogP contribution in [0.2, 0.25) is 0 Å². The van der Waals surface area contributed by atoms with Crippen molar-refractivity contribution in [2.75, 3.05) is 0 Å². The quantitative estimate of drug-likeness (QED) is 0.665. The minimum absolute atomic E-state index is 0.0554. The van der Waals surface area contributed by atoms with Crippen LogP contribution in [0.1, 0.15) is 60.9 Å². The Morgan fingerprint density at radius 2 is 1.67 bits per heavy atom. The van der Waals surface area contributed by atoms with Gasteiger partial charge in [0.1, 0.15) is 5.60 Å². The molecule has 0 saturated carbocycles. The molecular weight excluding hydrogens is 300 g/mol. The number of fused-ring (bicyclic) bond motifs is 3. The van der Waals surface area contributed by atoms with Crippen molar-refractivity contribution in [1.29, 1.82) is 0 Å². The first-order chi connectivity index (χ1) is 11.1. The number of Topliss-reactive ketones (excluding diaryl/α,β-unsaturated/α-hetero) is 2. The lowest BCUT2D eigenvalue weighted by Gasteiger charge is -2.39. The molecule has 0 fully saturated rings. The van der Waals surface area contributed by atoms with Crippen LogP contribution in [0.15, 0.2) is 40.7 Å². The van der Waals surface area contributed by atoms with E-state index in [-0.39, 0.29) is 23.2 Å². The molecule has 0 radical (unpaired) electrons. The third-order valence-electron chi connectivity index (χ3n) is 6.96. The van der Waals surface area contributed by atoms with Crippen molar-refractivity contribution in [2.24, 2.45) is 11.3 Å². The van der Waals surface area contributed by atoms with E-state index in [9.17, 15) is 9.59 Å². The zero-order chi connectivity index (χ0) is 17.6. The number of ketones is 2. The monoisotopic (exact) mass is 322 g/mol. The summed E-state index contributed by atoms with van der Waals surface area (Å²) in [5, 5.41) is 0. The zero-order valence-electron chi connectivity index (χ0n) is 15.0. The van der Waals surface area contributed by atoms with Crippen molar-refractivity contribution >= 4 is 11.6 Å². The molecule has 24 heavy (non-hydrogen) atoms. The van der Waals surface area contributed by atoms with Crippen LogP contribution >= 0.6 is 0 Å². The summed E-state index contributed by atoms with van der Waals surface area (Å²) in [5.74, 6) is 0.207. The van der Waals surface area contributed by atoms with E-state index in [0.29, 0.717) is 16.7 Å². The van der Waals surface area contributed by atoms with Gasteiger partial charge in [-0.2, -0.15) is 0 Å². The highest BCUT2D eigenvalue weighted by molar-refractivity contribution is 6.27. The predicted octanol–water partition coefficient (Wildman–Crippen LogP) is 4.41. The molecule has 3 nitrogen and oxygen atoms in total. The molecule has 1 aliphatic heterocycles. The summed E-state index contributed by atoms with van der Waals surface area (Å²) >= 11 is 0. The lowest BCUT2D eigenvalue weighted by Crippen LogP contribution is -2.44. The van der Waals surface area contributed by atoms with Gasteiger partial charge in [0, 0.05) is 16.5 Å². The van der Waals surface area contributed by atoms with Gasteiger partial charge in [0.25, 0.3) is 0 Å². The van der Waals surface area contributed by atoms with E-state index >= 15 is 0 Å². The molecule has 0 aromatic heterocycles. The van der Waals surface area contributed by atoms with Gasteiger partial charge in [-0.15, -0.1) is 0 Å². The van der Waals surface area contributed by atoms with Gasteiger partial charge >= 0.3 is 0 Å². The van der Waals surface area contributed by atoms with Crippen molar-refractivity contribution in [3.8, 4) is 0 Å². The van der Waals surface area contributed by atoms with Crippen molar-refractivity contribution in [2.45, 2.75) is 47.1 Å². The van der Waals surface area contributed by atoms with E-state index in [1.165, 1.54) is 5.57 Å². The standard InChI is InChI=1S/C21H22O3/c1-10-7-8-14-15(9-10)18(23)19-16(17(14)22)20(5)12(3)11(2)13(4)21(20,6)24-19/h7-9,12H,1-6H3/t12-,20-,21-/m1/s1. The fourth-order valence-corrected chi connectivity index (χ4v) is 4.87. The number of ether oxygens (including phenoxy) is 1. The first-order valence-electron chi connectivity index (χ1n) is 8.46. The molecule has 0 unspecified atom stereocenters. The van der Waals surface area contributed by atoms with Crippen molar-refractivity contribution in [1.82, 2.24) is 0 Å². The summed E-state index contributed by atoms with van der Waals surface area (Å²) in [6, 6.07) is 5.46. The summed E-state index contributed by atoms with van der Waals surface area (Å²) < 4.78 is 6.26. The average Bonchev–Trinajstić information content (AvgIpc) is 2.86. The molecule has 4 rings (SSSR count). The van der Waals surface area contributed by atoms with Gasteiger partial charge in [0.15, 0.2) is 11.5 Å². The topological polar surface area (TPSA) is 43.4 Å². The van der Waals surface area contributed by atoms with Crippen molar-refractivity contribution in [3.63, 3.8) is 0 Å². The zero-order valence-corrected chi connectivity index (χ0v) is 15.0. The fourth-order valence-electron chi connectivity index (χ4n) is 4.87. The number of rotatable bonds is 0. The first kappa shape index (κ1) is 15.4. The van der Waals surface area contributed by atoms with Crippen LogP contribution in [-0.2, 0) is 4.74 Å². The summed E-state index contributed by atoms with van der Waals surface area (Å²) in [7, 11) is 0. The third-order valence-corrected chi connectivity index (χ3v) is 6.96. The summed E-state index contributed by atoms with van der Waals surface area (Å²) in [4.78, 5) is 26.4. The number of carbonyl (C=O) groups is 2. The highest BCUT2D eigenvalue weighted by atomic mass is 16.5. The third kappa shape index (κ3) is 1.40. The number of allylic oxidation sites excluding steroid dienone is 2. The van der Waals surface area contributed by atoms with E-state index in [1.54, 1.807) is 12.1 Å². The Balaban J connectivity index is 1.98. The molecule has 0 saturated heterocycles. The number of carbonyl (C=O) groups excluding carboxylic acids is 2. The van der Waals surface area contributed by atoms with Gasteiger partial charge in [-0.05, 0) is 45.3 Å². The fraction of sp³-hybridized carbons (Fsp3) is 0.429. The smallest absolute Gasteiger partial charge is 0.228 e. The molecule has 1 aromatic carbocycles. The largest absolute Gasteiger partial charge is 0.478 e. The summed E-state index contributed by atoms with van der Waals surface area (Å²) in [6.07, 6.45) is 0. The maximum absolute atomic E-state index is 13.3. The molecule has 1 aromatic rings. The van der Waals surface area contributed by atoms with E-state index in [0.717, 1.165) is 11.1 Å². The Bertz CT molecular complexity index is 902. The molecule has 2 aliphatic carbocycles. The van der Waals surface area contributed by atoms with Crippen LogP contribution in [0.5, 0.6) is 0 Å². The Kier molecular flexibility index (Phi) is 2.73. The lowest BCUT2D eigenvalue weighted by molar-refractivity contribution is -0.00193. The second-order valence-corrected chi connectivity index (χ2v) is 7.78. The minimum atomic E-state index is -0.635. The molecule has 3 heteroatoms. The summed E-state index contributed by atoms with van der Waals surface area (Å²) in [6.45, 7) is 12.3. The summed E-state index contributed by atoms with van der Waals surface area (Å²) in [5.41, 5.74) is 3.75. The predicted molar refractivity (Wildman–Crippen MR) is 92.0 cm³/mol. The first-order valence-corrected chi connectivity index (χ1v) is 8.46. The Morgan fingerprint density at radius 1 is 1.00 bits per heavy atom. The molecule has 124 valence electrons. The lowest BCUT2D eigenvalue weighted by atomic mass is 9.63. The molecule has 1 heterocycles. The molecule has 0 spiro atoms. The Hall–Kier alpha value is -2.16. The normalized spacial score (nSPS) is 34.3. The highest BCUT2D eigenvalue weighted by Gasteiger charge is 2.67. The van der Waals surface area contributed by atoms with E-state index in [2.05, 4.69) is 27.7 Å². The number of aryl methyl sites for hydroxylation is 1. The van der Waals surface area contributed by atoms with Crippen LogP contribution < -0.4 is 0 Å². The maximum Gasteiger partial charge on any atom is 0.228 e. The molecule has 0 bridgehead atoms. The van der Waals surface area contributed by atoms with Crippen molar-refractivity contribution < 1.29 is 14.3 Å². The Labute approximate surface area is 142 Å². The van der Waals surface area contributed by atoms with Gasteiger partial charge in [-0.1, -0.05) is 37.1 Å². The van der Waals surface area contributed by atoms with Crippen LogP contribution in [0.4, 0.5) is 0 Å².